The first-order valence-electron chi connectivity index (χ1n) is 7.06. The Morgan fingerprint density at radius 1 is 0.792 bits per heavy atom. The van der Waals surface area contributed by atoms with E-state index in [-0.39, 0.29) is 25.7 Å². The van der Waals surface area contributed by atoms with Gasteiger partial charge in [-0.05, 0) is 12.8 Å². The Hall–Kier alpha value is -0.650. The number of unbranched alkanes of at least 4 members (excludes halogenated alkanes) is 5. The van der Waals surface area contributed by atoms with E-state index in [9.17, 15) is 43.5 Å². The Kier molecular flexibility index (Phi) is 8.40. The quantitative estimate of drug-likeness (QED) is 0.301. The van der Waals surface area contributed by atoms with Crippen molar-refractivity contribution in [3.05, 3.63) is 0 Å². The fourth-order valence-electron chi connectivity index (χ4n) is 1.89. The smallest absolute Gasteiger partial charge is 0.281 e. The van der Waals surface area contributed by atoms with Gasteiger partial charge in [-0.3, -0.25) is 4.55 Å². The Morgan fingerprint density at radius 3 is 1.62 bits per heavy atom. The molecule has 1 atom stereocenters. The van der Waals surface area contributed by atoms with Crippen molar-refractivity contribution in [1.82, 2.24) is 0 Å². The molecule has 24 heavy (non-hydrogen) atoms. The zero-order valence-electron chi connectivity index (χ0n) is 12.4. The summed E-state index contributed by atoms with van der Waals surface area (Å²) in [5.41, 5.74) is 0. The number of alkyl halides is 8. The SMILES string of the molecule is O=S(=O)(O)C(F)(F)C(F)(F)C(F)CCCCCCCCC(F)(F)F. The maximum absolute atomic E-state index is 13.2. The predicted octanol–water partition coefficient (Wildman–Crippen LogP) is 5.12. The van der Waals surface area contributed by atoms with Crippen LogP contribution in [0, 0.1) is 0 Å². The highest BCUT2D eigenvalue weighted by atomic mass is 32.2. The van der Waals surface area contributed by atoms with Crippen LogP contribution in [0.3, 0.4) is 0 Å². The standard InChI is InChI=1S/C12H18F8O3S/c13-9(11(17,18)12(19,20)24(21,22)23)7-5-3-1-2-4-6-8-10(14,15)16/h9H,1-8H2,(H,21,22,23). The minimum Gasteiger partial charge on any atom is -0.281 e. The molecule has 146 valence electrons. The zero-order chi connectivity index (χ0) is 19.2. The summed E-state index contributed by atoms with van der Waals surface area (Å²) in [6.45, 7) is 0. The van der Waals surface area contributed by atoms with Crippen molar-refractivity contribution in [3.8, 4) is 0 Å². The van der Waals surface area contributed by atoms with E-state index in [0.717, 1.165) is 0 Å². The summed E-state index contributed by atoms with van der Waals surface area (Å²) in [6, 6.07) is 0. The van der Waals surface area contributed by atoms with Gasteiger partial charge in [0.05, 0.1) is 0 Å². The maximum atomic E-state index is 13.2. The molecule has 0 aromatic rings. The lowest BCUT2D eigenvalue weighted by Gasteiger charge is -2.26. The predicted molar refractivity (Wildman–Crippen MR) is 69.3 cm³/mol. The van der Waals surface area contributed by atoms with E-state index in [1.165, 1.54) is 0 Å². The minimum atomic E-state index is -6.48. The Morgan fingerprint density at radius 2 is 1.21 bits per heavy atom. The molecule has 0 saturated carbocycles. The van der Waals surface area contributed by atoms with Crippen LogP contribution in [-0.2, 0) is 10.1 Å². The van der Waals surface area contributed by atoms with E-state index in [1.54, 1.807) is 0 Å². The molecule has 12 heteroatoms. The van der Waals surface area contributed by atoms with Gasteiger partial charge in [0.1, 0.15) is 0 Å². The van der Waals surface area contributed by atoms with Crippen LogP contribution in [0.25, 0.3) is 0 Å². The lowest BCUT2D eigenvalue weighted by Crippen LogP contribution is -2.52. The Labute approximate surface area is 134 Å². The van der Waals surface area contributed by atoms with Gasteiger partial charge in [-0.1, -0.05) is 32.1 Å². The molecule has 0 aromatic carbocycles. The highest BCUT2D eigenvalue weighted by molar-refractivity contribution is 7.87. The summed E-state index contributed by atoms with van der Waals surface area (Å²) in [5.74, 6) is -5.59. The average molecular weight is 394 g/mol. The number of rotatable bonds is 11. The summed E-state index contributed by atoms with van der Waals surface area (Å²) < 4.78 is 129. The molecule has 0 aliphatic heterocycles. The largest absolute Gasteiger partial charge is 0.434 e. The molecule has 0 aliphatic carbocycles. The first-order valence-corrected chi connectivity index (χ1v) is 8.50. The molecule has 0 aliphatic rings. The van der Waals surface area contributed by atoms with E-state index in [1.807, 2.05) is 0 Å². The number of hydrogen-bond donors (Lipinski definition) is 1. The van der Waals surface area contributed by atoms with Crippen LogP contribution in [0.15, 0.2) is 0 Å². The normalized spacial score (nSPS) is 15.5. The van der Waals surface area contributed by atoms with Gasteiger partial charge in [0.25, 0.3) is 0 Å². The fourth-order valence-corrected chi connectivity index (χ4v) is 2.36. The second-order valence-electron chi connectivity index (χ2n) is 5.36. The molecule has 0 rings (SSSR count). The highest BCUT2D eigenvalue weighted by Crippen LogP contribution is 2.43. The molecule has 1 N–H and O–H groups in total. The van der Waals surface area contributed by atoms with Crippen molar-refractivity contribution in [2.75, 3.05) is 0 Å². The summed E-state index contributed by atoms with van der Waals surface area (Å²) in [6.07, 6.45) is -9.17. The van der Waals surface area contributed by atoms with E-state index in [4.69, 9.17) is 4.55 Å². The average Bonchev–Trinajstić information content (AvgIpc) is 2.38. The van der Waals surface area contributed by atoms with E-state index < -0.39 is 46.5 Å². The third kappa shape index (κ3) is 7.08. The molecule has 0 aromatic heterocycles. The van der Waals surface area contributed by atoms with Crippen LogP contribution in [0.5, 0.6) is 0 Å². The zero-order valence-corrected chi connectivity index (χ0v) is 13.2. The Bertz CT molecular complexity index is 475. The summed E-state index contributed by atoms with van der Waals surface area (Å²) in [7, 11) is -6.48. The van der Waals surface area contributed by atoms with Crippen molar-refractivity contribution in [3.63, 3.8) is 0 Å². The second kappa shape index (κ2) is 8.63. The van der Waals surface area contributed by atoms with Crippen LogP contribution < -0.4 is 0 Å². The third-order valence-electron chi connectivity index (χ3n) is 3.27. The van der Waals surface area contributed by atoms with E-state index >= 15 is 0 Å². The molecule has 0 radical (unpaired) electrons. The van der Waals surface area contributed by atoms with Crippen molar-refractivity contribution >= 4 is 10.1 Å². The molecule has 0 bridgehead atoms. The first-order chi connectivity index (χ1) is 10.6. The van der Waals surface area contributed by atoms with Gasteiger partial charge in [-0.15, -0.1) is 0 Å². The molecule has 0 saturated heterocycles. The van der Waals surface area contributed by atoms with Crippen LogP contribution in [-0.4, -0.2) is 36.5 Å². The van der Waals surface area contributed by atoms with Gasteiger partial charge in [-0.25, -0.2) is 4.39 Å². The molecule has 0 heterocycles. The van der Waals surface area contributed by atoms with Gasteiger partial charge in [0.15, 0.2) is 6.17 Å². The molecular formula is C12H18F8O3S. The van der Waals surface area contributed by atoms with E-state index in [0.29, 0.717) is 12.8 Å². The van der Waals surface area contributed by atoms with Gasteiger partial charge in [-0.2, -0.15) is 39.2 Å². The molecule has 1 unspecified atom stereocenters. The maximum Gasteiger partial charge on any atom is 0.434 e. The first kappa shape index (κ1) is 23.4. The lowest BCUT2D eigenvalue weighted by atomic mass is 10.0. The lowest BCUT2D eigenvalue weighted by molar-refractivity contribution is -0.198. The fraction of sp³-hybridized carbons (Fsp3) is 1.00. The second-order valence-corrected chi connectivity index (χ2v) is 6.82. The summed E-state index contributed by atoms with van der Waals surface area (Å²) in [5, 5.41) is -5.95. The molecule has 0 fully saturated rings. The summed E-state index contributed by atoms with van der Waals surface area (Å²) in [4.78, 5) is 0. The number of halogens is 8. The third-order valence-corrected chi connectivity index (χ3v) is 4.19. The Balaban J connectivity index is 4.12. The summed E-state index contributed by atoms with van der Waals surface area (Å²) >= 11 is 0. The molecule has 0 amide bonds. The molecule has 0 spiro atoms. The molecular weight excluding hydrogens is 376 g/mol. The van der Waals surface area contributed by atoms with Crippen LogP contribution in [0.4, 0.5) is 35.1 Å². The van der Waals surface area contributed by atoms with Gasteiger partial charge < -0.3 is 0 Å². The highest BCUT2D eigenvalue weighted by Gasteiger charge is 2.69. The van der Waals surface area contributed by atoms with Crippen molar-refractivity contribution in [2.45, 2.75) is 74.9 Å². The van der Waals surface area contributed by atoms with Gasteiger partial charge >= 0.3 is 27.5 Å². The van der Waals surface area contributed by atoms with E-state index in [2.05, 4.69) is 0 Å². The van der Waals surface area contributed by atoms with Crippen LogP contribution in [0.1, 0.15) is 51.4 Å². The monoisotopic (exact) mass is 394 g/mol. The minimum absolute atomic E-state index is 0.103. The van der Waals surface area contributed by atoms with Crippen LogP contribution >= 0.6 is 0 Å². The molecule has 3 nitrogen and oxygen atoms in total. The van der Waals surface area contributed by atoms with Gasteiger partial charge in [0.2, 0.25) is 0 Å². The van der Waals surface area contributed by atoms with Gasteiger partial charge in [0, 0.05) is 6.42 Å². The van der Waals surface area contributed by atoms with Crippen molar-refractivity contribution in [1.29, 1.82) is 0 Å². The van der Waals surface area contributed by atoms with Crippen LogP contribution in [0.2, 0.25) is 0 Å². The topological polar surface area (TPSA) is 54.4 Å². The van der Waals surface area contributed by atoms with Crippen molar-refractivity contribution < 1.29 is 48.1 Å². The number of hydrogen-bond acceptors (Lipinski definition) is 2. The van der Waals surface area contributed by atoms with Crippen molar-refractivity contribution in [2.24, 2.45) is 0 Å².